The summed E-state index contributed by atoms with van der Waals surface area (Å²) in [7, 11) is 0. The highest BCUT2D eigenvalue weighted by Gasteiger charge is 2.22. The number of amides is 1. The number of anilines is 1. The van der Waals surface area contributed by atoms with Crippen LogP contribution in [0.5, 0.6) is 5.75 Å². The molecule has 42 heavy (non-hydrogen) atoms. The quantitative estimate of drug-likeness (QED) is 0.152. The summed E-state index contributed by atoms with van der Waals surface area (Å²) in [5.74, 6) is 1.85. The number of halogens is 1. The van der Waals surface area contributed by atoms with Crippen LogP contribution in [0.2, 0.25) is 0 Å². The lowest BCUT2D eigenvalue weighted by molar-refractivity contribution is -0.115. The molecule has 0 radical (unpaired) electrons. The van der Waals surface area contributed by atoms with E-state index in [1.165, 1.54) is 81.8 Å². The van der Waals surface area contributed by atoms with Crippen molar-refractivity contribution in [3.63, 3.8) is 0 Å². The zero-order chi connectivity index (χ0) is 29.3. The van der Waals surface area contributed by atoms with Gasteiger partial charge in [-0.1, -0.05) is 129 Å². The summed E-state index contributed by atoms with van der Waals surface area (Å²) in [4.78, 5) is 15.4. The van der Waals surface area contributed by atoms with E-state index in [0.29, 0.717) is 13.0 Å². The van der Waals surface area contributed by atoms with Gasteiger partial charge in [0.25, 0.3) is 0 Å². The van der Waals surface area contributed by atoms with Crippen molar-refractivity contribution in [3.05, 3.63) is 70.8 Å². The van der Waals surface area contributed by atoms with E-state index in [-0.39, 0.29) is 28.3 Å². The number of carbonyl (C=O) groups is 1. The first-order valence-electron chi connectivity index (χ1n) is 16.0. The Kier molecular flexibility index (Phi) is 17.4. The van der Waals surface area contributed by atoms with Crippen LogP contribution in [-0.2, 0) is 23.2 Å². The van der Waals surface area contributed by atoms with E-state index in [9.17, 15) is 4.79 Å². The Labute approximate surface area is 271 Å². The van der Waals surface area contributed by atoms with Crippen molar-refractivity contribution in [2.24, 2.45) is 0 Å². The fourth-order valence-corrected chi connectivity index (χ4v) is 6.08. The van der Waals surface area contributed by atoms with Crippen molar-refractivity contribution in [2.45, 2.75) is 123 Å². The highest BCUT2D eigenvalue weighted by atomic mass is 79.9. The number of unbranched alkanes of at least 4 members (excludes halogenated alkanes) is 11. The Balaban J connectivity index is 0.00000616. The van der Waals surface area contributed by atoms with Gasteiger partial charge in [0.1, 0.15) is 5.75 Å². The summed E-state index contributed by atoms with van der Waals surface area (Å²) in [5, 5.41) is 5.24. The van der Waals surface area contributed by atoms with E-state index >= 15 is 0 Å². The molecule has 0 unspecified atom stereocenters. The maximum absolute atomic E-state index is 13.1. The molecule has 2 aromatic rings. The lowest BCUT2D eigenvalue weighted by atomic mass is 9.84. The summed E-state index contributed by atoms with van der Waals surface area (Å²) in [6.07, 6.45) is 18.4. The first kappa shape index (κ1) is 36.3. The minimum Gasteiger partial charge on any atom is -0.493 e. The molecule has 1 aliphatic heterocycles. The number of benzene rings is 2. The summed E-state index contributed by atoms with van der Waals surface area (Å²) in [6, 6.07) is 14.4. The number of carbonyl (C=O) groups excluding carboxylic acids is 1. The molecule has 2 aromatic carbocycles. The standard InChI is InChI=1S/C36H54N2O2S.BrH/c1-5-6-7-8-9-10-11-12-13-14-15-16-24-40-35-31(20-18-22-33(35)36(2,3)4)27-34(39)37-32-21-17-19-30(26-32)28-38-23-25-41-29-38;/h17-23,25-26H,5-16,24,27-29H2,1-4H3,(H,37,39);1H. The van der Waals surface area contributed by atoms with Crippen molar-refractivity contribution in [2.75, 3.05) is 17.8 Å². The predicted octanol–water partition coefficient (Wildman–Crippen LogP) is 10.8. The summed E-state index contributed by atoms with van der Waals surface area (Å²) in [5.41, 5.74) is 4.10. The minimum atomic E-state index is -0.0605. The van der Waals surface area contributed by atoms with Crippen LogP contribution in [0.1, 0.15) is 121 Å². The van der Waals surface area contributed by atoms with Gasteiger partial charge >= 0.3 is 0 Å². The van der Waals surface area contributed by atoms with Crippen LogP contribution in [-0.4, -0.2) is 23.3 Å². The summed E-state index contributed by atoms with van der Waals surface area (Å²) in [6.45, 7) is 10.5. The van der Waals surface area contributed by atoms with E-state index in [4.69, 9.17) is 4.74 Å². The number of hydrogen-bond acceptors (Lipinski definition) is 4. The zero-order valence-electron chi connectivity index (χ0n) is 26.6. The number of thioether (sulfide) groups is 1. The second-order valence-electron chi connectivity index (χ2n) is 12.5. The van der Waals surface area contributed by atoms with Gasteiger partial charge in [-0.2, -0.15) is 0 Å². The number of nitrogens with zero attached hydrogens (tertiary/aromatic N) is 1. The van der Waals surface area contributed by atoms with Gasteiger partial charge in [0.05, 0.1) is 18.9 Å². The molecule has 6 heteroatoms. The molecule has 0 spiro atoms. The molecule has 4 nitrogen and oxygen atoms in total. The lowest BCUT2D eigenvalue weighted by Gasteiger charge is -2.25. The van der Waals surface area contributed by atoms with Crippen molar-refractivity contribution in [3.8, 4) is 5.75 Å². The van der Waals surface area contributed by atoms with Crippen molar-refractivity contribution in [1.82, 2.24) is 4.90 Å². The molecule has 1 aliphatic rings. The Morgan fingerprint density at radius 1 is 0.905 bits per heavy atom. The highest BCUT2D eigenvalue weighted by molar-refractivity contribution is 8.93. The Morgan fingerprint density at radius 2 is 1.55 bits per heavy atom. The molecule has 0 saturated carbocycles. The smallest absolute Gasteiger partial charge is 0.228 e. The average molecular weight is 660 g/mol. The van der Waals surface area contributed by atoms with Crippen molar-refractivity contribution < 1.29 is 9.53 Å². The number of nitrogens with one attached hydrogen (secondary N) is 1. The van der Waals surface area contributed by atoms with Gasteiger partial charge in [0, 0.05) is 24.0 Å². The normalized spacial score (nSPS) is 12.8. The maximum Gasteiger partial charge on any atom is 0.228 e. The van der Waals surface area contributed by atoms with E-state index < -0.39 is 0 Å². The van der Waals surface area contributed by atoms with Crippen LogP contribution in [0.3, 0.4) is 0 Å². The van der Waals surface area contributed by atoms with Crippen LogP contribution >= 0.6 is 28.7 Å². The third-order valence-corrected chi connectivity index (χ3v) is 8.50. The van der Waals surface area contributed by atoms with E-state index in [1.54, 1.807) is 11.8 Å². The molecule has 0 aliphatic carbocycles. The largest absolute Gasteiger partial charge is 0.493 e. The second-order valence-corrected chi connectivity index (χ2v) is 13.4. The van der Waals surface area contributed by atoms with Crippen LogP contribution in [0.15, 0.2) is 54.1 Å². The number of ether oxygens (including phenoxy) is 1. The summed E-state index contributed by atoms with van der Waals surface area (Å²) >= 11 is 1.80. The van der Waals surface area contributed by atoms with Crippen LogP contribution in [0, 0.1) is 0 Å². The van der Waals surface area contributed by atoms with Gasteiger partial charge in [0.15, 0.2) is 0 Å². The van der Waals surface area contributed by atoms with Gasteiger partial charge in [-0.25, -0.2) is 0 Å². The first-order valence-corrected chi connectivity index (χ1v) is 17.1. The maximum atomic E-state index is 13.1. The molecule has 1 amide bonds. The predicted molar refractivity (Wildman–Crippen MR) is 188 cm³/mol. The van der Waals surface area contributed by atoms with Gasteiger partial charge < -0.3 is 15.0 Å². The number of rotatable bonds is 19. The van der Waals surface area contributed by atoms with Crippen molar-refractivity contribution >= 4 is 40.3 Å². The fraction of sp³-hybridized carbons (Fsp3) is 0.583. The molecule has 0 aromatic heterocycles. The monoisotopic (exact) mass is 658 g/mol. The van der Waals surface area contributed by atoms with E-state index in [2.05, 4.69) is 73.8 Å². The fourth-order valence-electron chi connectivity index (χ4n) is 5.37. The molecule has 0 fully saturated rings. The van der Waals surface area contributed by atoms with Crippen LogP contribution < -0.4 is 10.1 Å². The summed E-state index contributed by atoms with van der Waals surface area (Å²) < 4.78 is 6.44. The van der Waals surface area contributed by atoms with Gasteiger partial charge in [-0.05, 0) is 40.5 Å². The third kappa shape index (κ3) is 13.6. The van der Waals surface area contributed by atoms with Crippen molar-refractivity contribution in [1.29, 1.82) is 0 Å². The minimum absolute atomic E-state index is 0. The van der Waals surface area contributed by atoms with Crippen LogP contribution in [0.4, 0.5) is 5.69 Å². The van der Waals surface area contributed by atoms with Gasteiger partial charge in [0.2, 0.25) is 5.91 Å². The van der Waals surface area contributed by atoms with E-state index in [0.717, 1.165) is 35.8 Å². The lowest BCUT2D eigenvalue weighted by Crippen LogP contribution is -2.19. The topological polar surface area (TPSA) is 41.6 Å². The van der Waals surface area contributed by atoms with E-state index in [1.807, 2.05) is 18.2 Å². The van der Waals surface area contributed by atoms with Gasteiger partial charge in [-0.15, -0.1) is 28.7 Å². The SMILES string of the molecule is Br.CCCCCCCCCCCCCCOc1c(CC(=O)Nc2cccc(CN3C=CSC3)c2)cccc1C(C)(C)C. The molecular weight excluding hydrogens is 604 g/mol. The molecule has 0 saturated heterocycles. The number of hydrogen-bond donors (Lipinski definition) is 1. The molecule has 1 N–H and O–H groups in total. The second kappa shape index (κ2) is 20.1. The third-order valence-electron chi connectivity index (χ3n) is 7.70. The van der Waals surface area contributed by atoms with Gasteiger partial charge in [-0.3, -0.25) is 4.79 Å². The molecule has 0 bridgehead atoms. The molecule has 3 rings (SSSR count). The number of para-hydroxylation sites is 1. The first-order chi connectivity index (χ1) is 19.9. The Bertz CT molecular complexity index is 1080. The molecule has 234 valence electrons. The molecule has 1 heterocycles. The Hall–Kier alpha value is -1.92. The average Bonchev–Trinajstić information content (AvgIpc) is 3.44. The van der Waals surface area contributed by atoms with Crippen LogP contribution in [0.25, 0.3) is 0 Å². The molecular formula is C36H55BrN2O2S. The highest BCUT2D eigenvalue weighted by Crippen LogP contribution is 2.35. The Morgan fingerprint density at radius 3 is 2.17 bits per heavy atom. The zero-order valence-corrected chi connectivity index (χ0v) is 29.1. The molecule has 0 atom stereocenters.